The molecule has 4 amide bonds. The molecule has 1 aliphatic heterocycles. The molecule has 1 N–H and O–H groups in total. The molecule has 6 heteroatoms. The molecule has 0 aromatic heterocycles. The number of urea groups is 1. The summed E-state index contributed by atoms with van der Waals surface area (Å²) in [6.45, 7) is 1.88. The maximum atomic E-state index is 13.5. The van der Waals surface area contributed by atoms with Crippen molar-refractivity contribution in [3.05, 3.63) is 117 Å². The van der Waals surface area contributed by atoms with Crippen LogP contribution in [0.25, 0.3) is 16.8 Å². The van der Waals surface area contributed by atoms with E-state index >= 15 is 0 Å². The zero-order valence-electron chi connectivity index (χ0n) is 18.9. The number of carbonyl (C=O) groups is 3. The number of fused-ring (bicyclic) bond motifs is 1. The lowest BCUT2D eigenvalue weighted by atomic mass is 9.92. The Morgan fingerprint density at radius 2 is 1.63 bits per heavy atom. The second kappa shape index (κ2) is 9.31. The fourth-order valence-corrected chi connectivity index (χ4v) is 4.74. The Balaban J connectivity index is 1.66. The van der Waals surface area contributed by atoms with Crippen LogP contribution in [0.2, 0.25) is 0 Å². The van der Waals surface area contributed by atoms with Crippen LogP contribution in [-0.4, -0.2) is 17.8 Å². The fraction of sp³-hybridized carbons (Fsp3) is 0.0690. The lowest BCUT2D eigenvalue weighted by Crippen LogP contribution is -2.54. The number of halogens is 1. The van der Waals surface area contributed by atoms with E-state index in [0.29, 0.717) is 12.1 Å². The molecule has 1 heterocycles. The molecule has 0 aliphatic carbocycles. The van der Waals surface area contributed by atoms with Crippen molar-refractivity contribution in [2.75, 3.05) is 4.90 Å². The minimum absolute atomic E-state index is 0.0872. The predicted molar refractivity (Wildman–Crippen MR) is 141 cm³/mol. The lowest BCUT2D eigenvalue weighted by molar-refractivity contribution is -0.122. The van der Waals surface area contributed by atoms with Gasteiger partial charge in [0.15, 0.2) is 0 Å². The Bertz CT molecular complexity index is 1540. The average molecular weight is 525 g/mol. The van der Waals surface area contributed by atoms with Gasteiger partial charge >= 0.3 is 6.03 Å². The highest BCUT2D eigenvalue weighted by Crippen LogP contribution is 2.30. The Hall–Kier alpha value is -4.03. The van der Waals surface area contributed by atoms with Gasteiger partial charge < -0.3 is 0 Å². The van der Waals surface area contributed by atoms with E-state index in [2.05, 4.69) is 21.2 Å². The molecule has 1 fully saturated rings. The van der Waals surface area contributed by atoms with E-state index < -0.39 is 17.8 Å². The van der Waals surface area contributed by atoms with Gasteiger partial charge in [-0.2, -0.15) is 0 Å². The largest absolute Gasteiger partial charge is 0.335 e. The SMILES string of the molecule is Cc1cccc(N2C(=O)NC(=O)/C(=C\c3c(Cc4ccccc4Br)ccc4ccccc34)C2=O)c1. The molecule has 0 bridgehead atoms. The van der Waals surface area contributed by atoms with E-state index in [1.165, 1.54) is 0 Å². The summed E-state index contributed by atoms with van der Waals surface area (Å²) in [5, 5.41) is 4.24. The second-order valence-electron chi connectivity index (χ2n) is 8.42. The number of anilines is 1. The average Bonchev–Trinajstić information content (AvgIpc) is 2.84. The van der Waals surface area contributed by atoms with E-state index in [4.69, 9.17) is 0 Å². The van der Waals surface area contributed by atoms with Crippen LogP contribution in [0.3, 0.4) is 0 Å². The van der Waals surface area contributed by atoms with Crippen LogP contribution in [-0.2, 0) is 16.0 Å². The van der Waals surface area contributed by atoms with Crippen LogP contribution in [0.5, 0.6) is 0 Å². The predicted octanol–water partition coefficient (Wildman–Crippen LogP) is 6.17. The summed E-state index contributed by atoms with van der Waals surface area (Å²) >= 11 is 3.61. The number of nitrogens with one attached hydrogen (secondary N) is 1. The molecule has 4 aromatic carbocycles. The van der Waals surface area contributed by atoms with E-state index in [1.807, 2.05) is 73.7 Å². The van der Waals surface area contributed by atoms with Crippen molar-refractivity contribution in [3.8, 4) is 0 Å². The monoisotopic (exact) mass is 524 g/mol. The number of rotatable bonds is 4. The summed E-state index contributed by atoms with van der Waals surface area (Å²) in [6.07, 6.45) is 2.21. The molecule has 1 saturated heterocycles. The topological polar surface area (TPSA) is 66.5 Å². The van der Waals surface area contributed by atoms with Crippen LogP contribution in [0.15, 0.2) is 95.0 Å². The smallest absolute Gasteiger partial charge is 0.273 e. The second-order valence-corrected chi connectivity index (χ2v) is 9.28. The molecular weight excluding hydrogens is 504 g/mol. The number of benzene rings is 4. The van der Waals surface area contributed by atoms with Gasteiger partial charge in [0.05, 0.1) is 5.69 Å². The molecule has 172 valence electrons. The Kier molecular flexibility index (Phi) is 6.05. The number of nitrogens with zero attached hydrogens (tertiary/aromatic N) is 1. The lowest BCUT2D eigenvalue weighted by Gasteiger charge is -2.27. The van der Waals surface area contributed by atoms with Gasteiger partial charge in [0.25, 0.3) is 11.8 Å². The van der Waals surface area contributed by atoms with E-state index in [-0.39, 0.29) is 5.57 Å². The molecule has 5 nitrogen and oxygen atoms in total. The maximum Gasteiger partial charge on any atom is 0.335 e. The van der Waals surface area contributed by atoms with E-state index in [0.717, 1.165) is 42.4 Å². The highest BCUT2D eigenvalue weighted by molar-refractivity contribution is 9.10. The third-order valence-corrected chi connectivity index (χ3v) is 6.82. The van der Waals surface area contributed by atoms with Crippen LogP contribution in [0.4, 0.5) is 10.5 Å². The van der Waals surface area contributed by atoms with Crippen LogP contribution in [0, 0.1) is 6.92 Å². The Morgan fingerprint density at radius 3 is 2.43 bits per heavy atom. The first-order valence-electron chi connectivity index (χ1n) is 11.1. The van der Waals surface area contributed by atoms with Gasteiger partial charge in [-0.15, -0.1) is 0 Å². The summed E-state index contributed by atoms with van der Waals surface area (Å²) in [6, 6.07) is 26.1. The van der Waals surface area contributed by atoms with Gasteiger partial charge in [-0.1, -0.05) is 82.7 Å². The van der Waals surface area contributed by atoms with Gasteiger partial charge in [0.1, 0.15) is 5.57 Å². The molecule has 0 atom stereocenters. The summed E-state index contributed by atoms with van der Waals surface area (Å²) < 4.78 is 0.981. The molecule has 1 aliphatic rings. The molecular formula is C29H21BrN2O3. The van der Waals surface area contributed by atoms with Crippen LogP contribution >= 0.6 is 15.9 Å². The molecule has 0 saturated carbocycles. The first-order chi connectivity index (χ1) is 16.9. The van der Waals surface area contributed by atoms with E-state index in [9.17, 15) is 14.4 Å². The van der Waals surface area contributed by atoms with Crippen LogP contribution < -0.4 is 10.2 Å². The Labute approximate surface area is 211 Å². The molecule has 4 aromatic rings. The van der Waals surface area contributed by atoms with Gasteiger partial charge in [0, 0.05) is 4.47 Å². The zero-order valence-corrected chi connectivity index (χ0v) is 20.5. The van der Waals surface area contributed by atoms with Crippen molar-refractivity contribution in [1.82, 2.24) is 5.32 Å². The molecule has 0 spiro atoms. The number of barbiturate groups is 1. The van der Waals surface area contributed by atoms with Crippen LogP contribution in [0.1, 0.15) is 22.3 Å². The van der Waals surface area contributed by atoms with Crippen molar-refractivity contribution < 1.29 is 14.4 Å². The van der Waals surface area contributed by atoms with Gasteiger partial charge in [-0.05, 0) is 70.6 Å². The summed E-state index contributed by atoms with van der Waals surface area (Å²) in [5.41, 5.74) is 4.04. The van der Waals surface area contributed by atoms with E-state index in [1.54, 1.807) is 24.3 Å². The number of amides is 4. The Morgan fingerprint density at radius 1 is 0.857 bits per heavy atom. The normalized spacial score (nSPS) is 15.1. The molecule has 5 rings (SSSR count). The van der Waals surface area contributed by atoms with Gasteiger partial charge in [-0.25, -0.2) is 9.69 Å². The quantitative estimate of drug-likeness (QED) is 0.256. The number of hydrogen-bond donors (Lipinski definition) is 1. The third kappa shape index (κ3) is 4.40. The number of aryl methyl sites for hydroxylation is 1. The minimum atomic E-state index is -0.755. The standard InChI is InChI=1S/C29H21BrN2O3/c1-18-7-6-10-22(15-18)32-28(34)25(27(33)31-29(32)35)17-24-20(16-21-9-3-5-12-26(21)30)14-13-19-8-2-4-11-23(19)24/h2-15,17H,16H2,1H3,(H,31,33,35)/b25-17+. The number of imide groups is 2. The first-order valence-corrected chi connectivity index (χ1v) is 11.9. The fourth-order valence-electron chi connectivity index (χ4n) is 4.32. The number of carbonyl (C=O) groups excluding carboxylic acids is 3. The molecule has 0 radical (unpaired) electrons. The van der Waals surface area contributed by atoms with Crippen molar-refractivity contribution in [2.45, 2.75) is 13.3 Å². The van der Waals surface area contributed by atoms with Crippen molar-refractivity contribution >= 4 is 56.3 Å². The molecule has 0 unspecified atom stereocenters. The van der Waals surface area contributed by atoms with Crippen molar-refractivity contribution in [3.63, 3.8) is 0 Å². The van der Waals surface area contributed by atoms with Gasteiger partial charge in [-0.3, -0.25) is 14.9 Å². The summed E-state index contributed by atoms with van der Waals surface area (Å²) in [4.78, 5) is 40.0. The summed E-state index contributed by atoms with van der Waals surface area (Å²) in [7, 11) is 0. The highest BCUT2D eigenvalue weighted by Gasteiger charge is 2.37. The summed E-state index contributed by atoms with van der Waals surface area (Å²) in [5.74, 6) is -1.35. The zero-order chi connectivity index (χ0) is 24.5. The van der Waals surface area contributed by atoms with Gasteiger partial charge in [0.2, 0.25) is 0 Å². The maximum absolute atomic E-state index is 13.5. The third-order valence-electron chi connectivity index (χ3n) is 6.05. The highest BCUT2D eigenvalue weighted by atomic mass is 79.9. The van der Waals surface area contributed by atoms with Crippen molar-refractivity contribution in [1.29, 1.82) is 0 Å². The molecule has 35 heavy (non-hydrogen) atoms. The first kappa shape index (κ1) is 22.7. The number of hydrogen-bond acceptors (Lipinski definition) is 3. The van der Waals surface area contributed by atoms with Crippen molar-refractivity contribution in [2.24, 2.45) is 0 Å². The minimum Gasteiger partial charge on any atom is -0.273 e.